The van der Waals surface area contributed by atoms with Gasteiger partial charge in [-0.05, 0) is 38.0 Å². The monoisotopic (exact) mass is 290 g/mol. The maximum absolute atomic E-state index is 13.8. The van der Waals surface area contributed by atoms with Gasteiger partial charge in [0.15, 0.2) is 0 Å². The van der Waals surface area contributed by atoms with Gasteiger partial charge in [0.1, 0.15) is 5.82 Å². The van der Waals surface area contributed by atoms with Crippen LogP contribution < -0.4 is 11.1 Å². The number of carbonyl (C=O) groups excluding carboxylic acids is 1. The van der Waals surface area contributed by atoms with Crippen LogP contribution in [-0.2, 0) is 4.74 Å². The van der Waals surface area contributed by atoms with E-state index < -0.39 is 11.7 Å². The summed E-state index contributed by atoms with van der Waals surface area (Å²) in [5, 5.41) is 2.73. The van der Waals surface area contributed by atoms with Gasteiger partial charge in [-0.3, -0.25) is 4.79 Å². The Kier molecular flexibility index (Phi) is 4.94. The molecule has 1 fully saturated rings. The molecule has 0 radical (unpaired) electrons. The molecule has 1 heterocycles. The number of rotatable bonds is 3. The normalized spacial score (nSPS) is 20.7. The van der Waals surface area contributed by atoms with Crippen LogP contribution in [0.3, 0.4) is 0 Å². The first-order valence-corrected chi connectivity index (χ1v) is 6.95. The van der Waals surface area contributed by atoms with Gasteiger partial charge in [-0.25, -0.2) is 4.39 Å². The van der Waals surface area contributed by atoms with Crippen LogP contribution in [0.15, 0.2) is 18.2 Å². The minimum absolute atomic E-state index is 0.0135. The summed E-state index contributed by atoms with van der Waals surface area (Å²) in [7, 11) is 0. The zero-order chi connectivity index (χ0) is 15.3. The molecule has 5 heteroatoms. The molecule has 1 aromatic rings. The Morgan fingerprint density at radius 2 is 2.38 bits per heavy atom. The Bertz CT molecular complexity index is 584. The van der Waals surface area contributed by atoms with Crippen molar-refractivity contribution in [2.24, 2.45) is 5.73 Å². The Labute approximate surface area is 123 Å². The van der Waals surface area contributed by atoms with Crippen LogP contribution >= 0.6 is 0 Å². The van der Waals surface area contributed by atoms with Crippen molar-refractivity contribution in [3.63, 3.8) is 0 Å². The number of amides is 1. The fourth-order valence-electron chi connectivity index (χ4n) is 2.27. The van der Waals surface area contributed by atoms with E-state index in [0.717, 1.165) is 12.8 Å². The van der Waals surface area contributed by atoms with Crippen molar-refractivity contribution in [3.8, 4) is 11.8 Å². The average molecular weight is 290 g/mol. The zero-order valence-corrected chi connectivity index (χ0v) is 12.0. The van der Waals surface area contributed by atoms with Gasteiger partial charge in [-0.15, -0.1) is 0 Å². The van der Waals surface area contributed by atoms with Gasteiger partial charge in [-0.2, -0.15) is 0 Å². The van der Waals surface area contributed by atoms with E-state index in [1.54, 1.807) is 0 Å². The zero-order valence-electron chi connectivity index (χ0n) is 12.0. The smallest absolute Gasteiger partial charge is 0.254 e. The number of nitrogens with one attached hydrogen (secondary N) is 1. The highest BCUT2D eigenvalue weighted by Gasteiger charge is 2.30. The van der Waals surface area contributed by atoms with Crippen LogP contribution in [0.1, 0.15) is 35.7 Å². The van der Waals surface area contributed by atoms with Gasteiger partial charge < -0.3 is 15.8 Å². The summed E-state index contributed by atoms with van der Waals surface area (Å²) in [4.78, 5) is 12.1. The van der Waals surface area contributed by atoms with E-state index in [1.165, 1.54) is 18.2 Å². The maximum atomic E-state index is 13.8. The molecular formula is C16H19FN2O2. The highest BCUT2D eigenvalue weighted by Crippen LogP contribution is 2.24. The van der Waals surface area contributed by atoms with Crippen LogP contribution in [0.2, 0.25) is 0 Å². The summed E-state index contributed by atoms with van der Waals surface area (Å²) in [6.07, 6.45) is 1.86. The molecule has 0 saturated carbocycles. The van der Waals surface area contributed by atoms with E-state index >= 15 is 0 Å². The average Bonchev–Trinajstić information content (AvgIpc) is 2.91. The van der Waals surface area contributed by atoms with Crippen molar-refractivity contribution in [3.05, 3.63) is 35.1 Å². The Morgan fingerprint density at radius 3 is 3.05 bits per heavy atom. The molecule has 1 aromatic carbocycles. The second-order valence-corrected chi connectivity index (χ2v) is 5.29. The molecular weight excluding hydrogens is 271 g/mol. The van der Waals surface area contributed by atoms with Crippen molar-refractivity contribution < 1.29 is 13.9 Å². The van der Waals surface area contributed by atoms with E-state index in [2.05, 4.69) is 17.2 Å². The van der Waals surface area contributed by atoms with Gasteiger partial charge in [0.2, 0.25) is 0 Å². The van der Waals surface area contributed by atoms with E-state index in [4.69, 9.17) is 10.5 Å². The van der Waals surface area contributed by atoms with Crippen LogP contribution in [0.5, 0.6) is 0 Å². The number of carbonyl (C=O) groups is 1. The molecule has 2 rings (SSSR count). The summed E-state index contributed by atoms with van der Waals surface area (Å²) in [6, 6.07) is 4.20. The number of halogens is 1. The Hall–Kier alpha value is -1.90. The molecule has 1 amide bonds. The molecule has 1 aliphatic heterocycles. The molecule has 1 aliphatic rings. The quantitative estimate of drug-likeness (QED) is 0.828. The molecule has 1 atom stereocenters. The predicted molar refractivity (Wildman–Crippen MR) is 78.3 cm³/mol. The minimum atomic E-state index is -0.566. The van der Waals surface area contributed by atoms with Crippen molar-refractivity contribution in [1.82, 2.24) is 5.32 Å². The summed E-state index contributed by atoms with van der Waals surface area (Å²) in [5.74, 6) is 4.44. The number of ether oxygens (including phenoxy) is 1. The highest BCUT2D eigenvalue weighted by atomic mass is 19.1. The van der Waals surface area contributed by atoms with Crippen LogP contribution in [0.4, 0.5) is 4.39 Å². The summed E-state index contributed by atoms with van der Waals surface area (Å²) >= 11 is 0. The fourth-order valence-corrected chi connectivity index (χ4v) is 2.27. The van der Waals surface area contributed by atoms with Gasteiger partial charge in [0.25, 0.3) is 5.91 Å². The Balaban J connectivity index is 2.07. The van der Waals surface area contributed by atoms with E-state index in [1.807, 2.05) is 6.92 Å². The summed E-state index contributed by atoms with van der Waals surface area (Å²) in [6.45, 7) is 3.23. The third-order valence-corrected chi connectivity index (χ3v) is 3.47. The molecule has 0 bridgehead atoms. The van der Waals surface area contributed by atoms with Crippen LogP contribution in [-0.4, -0.2) is 31.2 Å². The molecule has 0 spiro atoms. The largest absolute Gasteiger partial charge is 0.373 e. The number of hydrogen-bond donors (Lipinski definition) is 2. The van der Waals surface area contributed by atoms with Crippen molar-refractivity contribution in [2.45, 2.75) is 25.4 Å². The molecule has 3 N–H and O–H groups in total. The van der Waals surface area contributed by atoms with Crippen LogP contribution in [0.25, 0.3) is 0 Å². The Morgan fingerprint density at radius 1 is 1.57 bits per heavy atom. The van der Waals surface area contributed by atoms with Gasteiger partial charge in [0, 0.05) is 18.7 Å². The fraction of sp³-hybridized carbons (Fsp3) is 0.438. The second kappa shape index (κ2) is 6.70. The molecule has 1 saturated heterocycles. The SMILES string of the molecule is CC1(CNC(=O)c2cc(C#CCN)ccc2F)CCCO1. The van der Waals surface area contributed by atoms with Gasteiger partial charge >= 0.3 is 0 Å². The van der Waals surface area contributed by atoms with E-state index in [-0.39, 0.29) is 17.7 Å². The molecule has 0 aliphatic carbocycles. The van der Waals surface area contributed by atoms with Gasteiger partial charge in [0.05, 0.1) is 17.7 Å². The van der Waals surface area contributed by atoms with Crippen LogP contribution in [0, 0.1) is 17.7 Å². The predicted octanol–water partition coefficient (Wildman–Crippen LogP) is 1.43. The summed E-state index contributed by atoms with van der Waals surface area (Å²) in [5.41, 5.74) is 5.49. The first-order valence-electron chi connectivity index (χ1n) is 6.95. The lowest BCUT2D eigenvalue weighted by Crippen LogP contribution is -2.40. The third-order valence-electron chi connectivity index (χ3n) is 3.47. The van der Waals surface area contributed by atoms with Crippen molar-refractivity contribution >= 4 is 5.91 Å². The number of benzene rings is 1. The van der Waals surface area contributed by atoms with E-state index in [0.29, 0.717) is 18.7 Å². The van der Waals surface area contributed by atoms with E-state index in [9.17, 15) is 9.18 Å². The molecule has 21 heavy (non-hydrogen) atoms. The third kappa shape index (κ3) is 4.03. The molecule has 112 valence electrons. The first kappa shape index (κ1) is 15.5. The second-order valence-electron chi connectivity index (χ2n) is 5.29. The molecule has 0 aromatic heterocycles. The van der Waals surface area contributed by atoms with Crippen molar-refractivity contribution in [2.75, 3.05) is 19.7 Å². The minimum Gasteiger partial charge on any atom is -0.373 e. The lowest BCUT2D eigenvalue weighted by molar-refractivity contribution is 0.0205. The lowest BCUT2D eigenvalue weighted by Gasteiger charge is -2.23. The first-order chi connectivity index (χ1) is 10.0. The summed E-state index contributed by atoms with van der Waals surface area (Å²) < 4.78 is 19.4. The maximum Gasteiger partial charge on any atom is 0.254 e. The van der Waals surface area contributed by atoms with Crippen molar-refractivity contribution in [1.29, 1.82) is 0 Å². The highest BCUT2D eigenvalue weighted by molar-refractivity contribution is 5.94. The van der Waals surface area contributed by atoms with Gasteiger partial charge in [-0.1, -0.05) is 11.8 Å². The lowest BCUT2D eigenvalue weighted by atomic mass is 10.0. The molecule has 4 nitrogen and oxygen atoms in total. The number of nitrogens with two attached hydrogens (primary N) is 1. The molecule has 1 unspecified atom stereocenters. The number of hydrogen-bond acceptors (Lipinski definition) is 3. The standard InChI is InChI=1S/C16H19FN2O2/c1-16(7-3-9-21-16)11-19-15(20)13-10-12(4-2-8-18)5-6-14(13)17/h5-6,10H,3,7-9,11,18H2,1H3,(H,19,20). The topological polar surface area (TPSA) is 64.4 Å².